The third kappa shape index (κ3) is 3.60. The zero-order chi connectivity index (χ0) is 15.6. The molecule has 1 aromatic heterocycles. The molecule has 0 bridgehead atoms. The Morgan fingerprint density at radius 3 is 2.48 bits per heavy atom. The quantitative estimate of drug-likeness (QED) is 0.520. The van der Waals surface area contributed by atoms with Gasteiger partial charge in [0.15, 0.2) is 0 Å². The molecule has 2 aromatic rings. The molecule has 2 rings (SSSR count). The fourth-order valence-corrected chi connectivity index (χ4v) is 2.77. The number of hydrogen-bond acceptors (Lipinski definition) is 5. The topological polar surface area (TPSA) is 102 Å². The van der Waals surface area contributed by atoms with E-state index in [0.29, 0.717) is 0 Å². The number of sulfonamides is 1. The van der Waals surface area contributed by atoms with E-state index in [1.807, 2.05) is 0 Å². The minimum absolute atomic E-state index is 0.127. The van der Waals surface area contributed by atoms with Crippen molar-refractivity contribution in [2.75, 3.05) is 4.72 Å². The predicted octanol–water partition coefficient (Wildman–Crippen LogP) is 3.10. The first-order valence-electron chi connectivity index (χ1n) is 5.38. The maximum absolute atomic E-state index is 12.1. The molecule has 0 saturated carbocycles. The Kier molecular flexibility index (Phi) is 4.31. The molecule has 0 saturated heterocycles. The molecule has 0 aliphatic carbocycles. The van der Waals surface area contributed by atoms with Crippen LogP contribution in [-0.4, -0.2) is 18.3 Å². The molecule has 0 spiro atoms. The molecule has 0 aliphatic rings. The van der Waals surface area contributed by atoms with Crippen LogP contribution in [0.15, 0.2) is 41.4 Å². The molecule has 21 heavy (non-hydrogen) atoms. The first-order chi connectivity index (χ1) is 9.79. The van der Waals surface area contributed by atoms with Gasteiger partial charge in [0.2, 0.25) is 0 Å². The zero-order valence-corrected chi connectivity index (χ0v) is 12.5. The summed E-state index contributed by atoms with van der Waals surface area (Å²) in [5, 5.41) is 11.2. The molecule has 1 heterocycles. The Balaban J connectivity index is 2.43. The number of nitro benzene ring substituents is 1. The molecule has 0 fully saturated rings. The summed E-state index contributed by atoms with van der Waals surface area (Å²) in [7, 11) is -4.04. The number of nitro groups is 1. The van der Waals surface area contributed by atoms with Crippen molar-refractivity contribution in [3.63, 3.8) is 0 Å². The molecule has 10 heteroatoms. The summed E-state index contributed by atoms with van der Waals surface area (Å²) in [6, 6.07) is 6.08. The van der Waals surface area contributed by atoms with Gasteiger partial charge in [-0.2, -0.15) is 0 Å². The second kappa shape index (κ2) is 5.84. The third-order valence-corrected chi connectivity index (χ3v) is 4.22. The van der Waals surface area contributed by atoms with Gasteiger partial charge in [0, 0.05) is 17.3 Å². The number of pyridine rings is 1. The summed E-state index contributed by atoms with van der Waals surface area (Å²) < 4.78 is 26.4. The summed E-state index contributed by atoms with van der Waals surface area (Å²) in [6.45, 7) is 0. The fourth-order valence-electron chi connectivity index (χ4n) is 1.47. The van der Waals surface area contributed by atoms with Gasteiger partial charge in [0.1, 0.15) is 15.7 Å². The van der Waals surface area contributed by atoms with Crippen molar-refractivity contribution in [1.29, 1.82) is 0 Å². The highest BCUT2D eigenvalue weighted by Gasteiger charge is 2.21. The van der Waals surface area contributed by atoms with Crippen LogP contribution in [0.1, 0.15) is 0 Å². The fraction of sp³-hybridized carbons (Fsp3) is 0. The Morgan fingerprint density at radius 2 is 1.90 bits per heavy atom. The first-order valence-corrected chi connectivity index (χ1v) is 7.62. The Bertz CT molecular complexity index is 794. The number of benzene rings is 1. The van der Waals surface area contributed by atoms with Crippen LogP contribution in [0.3, 0.4) is 0 Å². The highest BCUT2D eigenvalue weighted by Crippen LogP contribution is 2.29. The van der Waals surface area contributed by atoms with Crippen LogP contribution in [0.4, 0.5) is 11.4 Å². The van der Waals surface area contributed by atoms with Crippen LogP contribution < -0.4 is 4.72 Å². The molecule has 1 N–H and O–H groups in total. The van der Waals surface area contributed by atoms with E-state index in [4.69, 9.17) is 23.2 Å². The molecule has 0 atom stereocenters. The first kappa shape index (κ1) is 15.5. The highest BCUT2D eigenvalue weighted by atomic mass is 35.5. The van der Waals surface area contributed by atoms with Gasteiger partial charge in [-0.25, -0.2) is 13.4 Å². The van der Waals surface area contributed by atoms with E-state index in [2.05, 4.69) is 9.71 Å². The van der Waals surface area contributed by atoms with Gasteiger partial charge in [-0.3, -0.25) is 14.8 Å². The number of rotatable bonds is 4. The molecule has 0 radical (unpaired) electrons. The Labute approximate surface area is 129 Å². The minimum Gasteiger partial charge on any atom is -0.273 e. The molecular formula is C11H7Cl2N3O4S. The van der Waals surface area contributed by atoms with Crippen LogP contribution in [0.2, 0.25) is 10.2 Å². The largest absolute Gasteiger partial charge is 0.293 e. The lowest BCUT2D eigenvalue weighted by Gasteiger charge is -2.08. The lowest BCUT2D eigenvalue weighted by Crippen LogP contribution is -2.14. The van der Waals surface area contributed by atoms with Crippen molar-refractivity contribution < 1.29 is 13.3 Å². The van der Waals surface area contributed by atoms with Gasteiger partial charge in [0.05, 0.1) is 4.92 Å². The van der Waals surface area contributed by atoms with Crippen LogP contribution in [0.25, 0.3) is 0 Å². The second-order valence-electron chi connectivity index (χ2n) is 3.84. The van der Waals surface area contributed by atoms with Gasteiger partial charge in [-0.15, -0.1) is 0 Å². The van der Waals surface area contributed by atoms with Crippen molar-refractivity contribution >= 4 is 44.6 Å². The summed E-state index contributed by atoms with van der Waals surface area (Å²) in [5.41, 5.74) is -0.646. The standard InChI is InChI=1S/C11H7Cl2N3O4S/c12-7-1-3-10(16(17)18)9(5-7)15-21(19,20)8-2-4-11(13)14-6-8/h1-6,15H. The number of hydrogen-bond donors (Lipinski definition) is 1. The number of nitrogens with zero attached hydrogens (tertiary/aromatic N) is 2. The monoisotopic (exact) mass is 347 g/mol. The van der Waals surface area contributed by atoms with Crippen LogP contribution in [0.5, 0.6) is 0 Å². The van der Waals surface area contributed by atoms with Crippen molar-refractivity contribution in [2.45, 2.75) is 4.90 Å². The molecule has 0 unspecified atom stereocenters. The summed E-state index contributed by atoms with van der Waals surface area (Å²) in [4.78, 5) is 13.7. The molecule has 0 aliphatic heterocycles. The molecular weight excluding hydrogens is 341 g/mol. The summed E-state index contributed by atoms with van der Waals surface area (Å²) >= 11 is 11.3. The number of anilines is 1. The van der Waals surface area contributed by atoms with Crippen LogP contribution in [0, 0.1) is 10.1 Å². The zero-order valence-electron chi connectivity index (χ0n) is 10.2. The minimum atomic E-state index is -4.04. The van der Waals surface area contributed by atoms with E-state index < -0.39 is 20.6 Å². The van der Waals surface area contributed by atoms with Crippen molar-refractivity contribution in [2.24, 2.45) is 0 Å². The average Bonchev–Trinajstić information content (AvgIpc) is 2.38. The SMILES string of the molecule is O=[N+]([O-])c1ccc(Cl)cc1NS(=O)(=O)c1ccc(Cl)nc1. The van der Waals surface area contributed by atoms with Crippen molar-refractivity contribution in [1.82, 2.24) is 4.98 Å². The highest BCUT2D eigenvalue weighted by molar-refractivity contribution is 7.92. The van der Waals surface area contributed by atoms with E-state index in [1.54, 1.807) is 0 Å². The molecule has 7 nitrogen and oxygen atoms in total. The molecule has 1 aromatic carbocycles. The van der Waals surface area contributed by atoms with Crippen LogP contribution >= 0.6 is 23.2 Å². The van der Waals surface area contributed by atoms with Crippen molar-refractivity contribution in [3.05, 3.63) is 56.8 Å². The van der Waals surface area contributed by atoms with Crippen LogP contribution in [-0.2, 0) is 10.0 Å². The van der Waals surface area contributed by atoms with Gasteiger partial charge < -0.3 is 0 Å². The number of nitrogens with one attached hydrogen (secondary N) is 1. The second-order valence-corrected chi connectivity index (χ2v) is 6.35. The smallest absolute Gasteiger partial charge is 0.273 e. The Morgan fingerprint density at radius 1 is 1.19 bits per heavy atom. The number of halogens is 2. The normalized spacial score (nSPS) is 11.1. The lowest BCUT2D eigenvalue weighted by atomic mass is 10.3. The van der Waals surface area contributed by atoms with Crippen molar-refractivity contribution in [3.8, 4) is 0 Å². The van der Waals surface area contributed by atoms with Gasteiger partial charge in [0.25, 0.3) is 15.7 Å². The molecule has 110 valence electrons. The summed E-state index contributed by atoms with van der Waals surface area (Å²) in [5.74, 6) is 0. The van der Waals surface area contributed by atoms with E-state index in [1.165, 1.54) is 18.2 Å². The average molecular weight is 348 g/mol. The predicted molar refractivity (Wildman–Crippen MR) is 78.2 cm³/mol. The Hall–Kier alpha value is -1.90. The van der Waals surface area contributed by atoms with E-state index in [9.17, 15) is 18.5 Å². The van der Waals surface area contributed by atoms with E-state index in [0.717, 1.165) is 18.3 Å². The lowest BCUT2D eigenvalue weighted by molar-refractivity contribution is -0.383. The van der Waals surface area contributed by atoms with Gasteiger partial charge >= 0.3 is 0 Å². The van der Waals surface area contributed by atoms with E-state index in [-0.39, 0.29) is 20.8 Å². The maximum Gasteiger partial charge on any atom is 0.293 e. The molecule has 0 amide bonds. The maximum atomic E-state index is 12.1. The van der Waals surface area contributed by atoms with Gasteiger partial charge in [-0.05, 0) is 24.3 Å². The van der Waals surface area contributed by atoms with Gasteiger partial charge in [-0.1, -0.05) is 23.2 Å². The van der Waals surface area contributed by atoms with E-state index >= 15 is 0 Å². The summed E-state index contributed by atoms with van der Waals surface area (Å²) in [6.07, 6.45) is 1.04. The third-order valence-electron chi connectivity index (χ3n) is 2.41. The number of aromatic nitrogens is 1.